The average molecular weight is 685 g/mol. The van der Waals surface area contributed by atoms with Crippen molar-refractivity contribution in [1.29, 1.82) is 0 Å². The molecule has 244 valence electrons. The van der Waals surface area contributed by atoms with E-state index in [4.69, 9.17) is 19.4 Å². The molecule has 0 aliphatic heterocycles. The summed E-state index contributed by atoms with van der Waals surface area (Å²) in [7, 11) is 0. The number of hydrogen-bond acceptors (Lipinski definition) is 5. The summed E-state index contributed by atoms with van der Waals surface area (Å²) < 4.78 is 11.9. The van der Waals surface area contributed by atoms with Crippen LogP contribution < -0.4 is 0 Å². The minimum Gasteiger partial charge on any atom is -0.455 e. The van der Waals surface area contributed by atoms with Crippen molar-refractivity contribution in [2.75, 3.05) is 0 Å². The molecule has 0 spiro atoms. The van der Waals surface area contributed by atoms with E-state index in [1.807, 2.05) is 84.1 Å². The van der Waals surface area contributed by atoms with Gasteiger partial charge in [-0.1, -0.05) is 115 Å². The second-order valence-electron chi connectivity index (χ2n) is 13.2. The maximum absolute atomic E-state index is 6.88. The van der Waals surface area contributed by atoms with Crippen LogP contribution in [0.25, 0.3) is 104 Å². The molecule has 6 heteroatoms. The van der Waals surface area contributed by atoms with Crippen molar-refractivity contribution in [2.45, 2.75) is 6.92 Å². The van der Waals surface area contributed by atoms with Gasteiger partial charge in [0, 0.05) is 47.5 Å². The highest BCUT2D eigenvalue weighted by Gasteiger charge is 2.25. The van der Waals surface area contributed by atoms with E-state index in [2.05, 4.69) is 90.4 Å². The normalized spacial score (nSPS) is 11.9. The fourth-order valence-corrected chi connectivity index (χ4v) is 9.03. The molecule has 0 fully saturated rings. The molecule has 11 rings (SSSR count). The summed E-state index contributed by atoms with van der Waals surface area (Å²) in [6.07, 6.45) is 0. The molecule has 0 amide bonds. The Morgan fingerprint density at radius 2 is 1.12 bits per heavy atom. The van der Waals surface area contributed by atoms with E-state index in [1.165, 1.54) is 30.9 Å². The summed E-state index contributed by atoms with van der Waals surface area (Å²) in [6.45, 7) is 2.14. The van der Waals surface area contributed by atoms with E-state index in [0.717, 1.165) is 60.9 Å². The van der Waals surface area contributed by atoms with Gasteiger partial charge in [0.2, 0.25) is 0 Å². The zero-order chi connectivity index (χ0) is 34.3. The molecule has 0 N–H and O–H groups in total. The minimum absolute atomic E-state index is 0.578. The average Bonchev–Trinajstić information content (AvgIpc) is 3.88. The Hall–Kier alpha value is -6.63. The fraction of sp³-hybridized carbons (Fsp3) is 0.0217. The van der Waals surface area contributed by atoms with Crippen LogP contribution in [0.2, 0.25) is 0 Å². The second-order valence-corrected chi connectivity index (χ2v) is 14.3. The Kier molecular flexibility index (Phi) is 6.27. The number of benzene rings is 7. The van der Waals surface area contributed by atoms with Crippen molar-refractivity contribution in [3.05, 3.63) is 157 Å². The number of hydrogen-bond donors (Lipinski definition) is 0. The van der Waals surface area contributed by atoms with E-state index in [0.29, 0.717) is 17.5 Å². The molecule has 0 radical (unpaired) electrons. The molecule has 0 unspecified atom stereocenters. The smallest absolute Gasteiger partial charge is 0.168 e. The van der Waals surface area contributed by atoms with Crippen LogP contribution in [-0.4, -0.2) is 19.5 Å². The summed E-state index contributed by atoms with van der Waals surface area (Å²) >= 11 is 1.85. The van der Waals surface area contributed by atoms with Crippen LogP contribution in [0, 0.1) is 6.92 Å². The Balaban J connectivity index is 1.26. The topological polar surface area (TPSA) is 56.7 Å². The monoisotopic (exact) mass is 684 g/mol. The van der Waals surface area contributed by atoms with Crippen molar-refractivity contribution < 1.29 is 4.42 Å². The third-order valence-corrected chi connectivity index (χ3v) is 11.3. The first-order chi connectivity index (χ1) is 25.7. The maximum atomic E-state index is 6.88. The molecule has 11 aromatic rings. The van der Waals surface area contributed by atoms with Crippen molar-refractivity contribution >= 4 is 75.3 Å². The number of furan rings is 1. The van der Waals surface area contributed by atoms with Crippen LogP contribution in [0.1, 0.15) is 5.56 Å². The van der Waals surface area contributed by atoms with Crippen molar-refractivity contribution in [3.63, 3.8) is 0 Å². The number of para-hydroxylation sites is 2. The second kappa shape index (κ2) is 11.2. The van der Waals surface area contributed by atoms with Gasteiger partial charge in [0.15, 0.2) is 17.5 Å². The predicted molar refractivity (Wildman–Crippen MR) is 215 cm³/mol. The maximum Gasteiger partial charge on any atom is 0.168 e. The molecular formula is C46H28N4OS. The van der Waals surface area contributed by atoms with Crippen LogP contribution >= 0.6 is 11.3 Å². The lowest BCUT2D eigenvalue weighted by Crippen LogP contribution is -2.03. The van der Waals surface area contributed by atoms with Crippen LogP contribution in [0.4, 0.5) is 0 Å². The van der Waals surface area contributed by atoms with E-state index in [-0.39, 0.29) is 0 Å². The Morgan fingerprint density at radius 3 is 1.87 bits per heavy atom. The zero-order valence-corrected chi connectivity index (χ0v) is 28.9. The number of aromatic nitrogens is 4. The zero-order valence-electron chi connectivity index (χ0n) is 28.0. The number of rotatable bonds is 4. The molecule has 0 aliphatic carbocycles. The largest absolute Gasteiger partial charge is 0.455 e. The van der Waals surface area contributed by atoms with Crippen molar-refractivity contribution in [2.24, 2.45) is 0 Å². The molecule has 0 atom stereocenters. The molecule has 0 saturated carbocycles. The van der Waals surface area contributed by atoms with Crippen molar-refractivity contribution in [3.8, 4) is 39.9 Å². The van der Waals surface area contributed by atoms with Crippen molar-refractivity contribution in [1.82, 2.24) is 19.5 Å². The van der Waals surface area contributed by atoms with E-state index >= 15 is 0 Å². The van der Waals surface area contributed by atoms with Gasteiger partial charge in [-0.05, 0) is 48.9 Å². The number of thiophene rings is 1. The molecule has 52 heavy (non-hydrogen) atoms. The van der Waals surface area contributed by atoms with Gasteiger partial charge in [-0.3, -0.25) is 0 Å². The molecular weight excluding hydrogens is 657 g/mol. The first kappa shape index (κ1) is 29.1. The van der Waals surface area contributed by atoms with Gasteiger partial charge in [-0.15, -0.1) is 11.3 Å². The SMILES string of the molecule is Cc1cc(-n2c3ccccc3c3c4c(ccc32)sc2ccccc24)c2c(oc3ccccc32)c1-c1nc(-c2ccccc2)nc(-c2ccccc2)n1. The standard InChI is InChI=1S/C46H28N4OS/c1-27-26-35(50-33-21-11-8-18-30(33)40-34(50)24-25-38-42(40)32-20-10-13-23-37(32)52-38)41-31-19-9-12-22-36(31)51-43(41)39(27)46-48-44(28-14-4-2-5-15-28)47-45(49-46)29-16-6-3-7-17-29/h2-26H,1H3. The summed E-state index contributed by atoms with van der Waals surface area (Å²) in [5.74, 6) is 1.81. The molecule has 4 heterocycles. The first-order valence-corrected chi connectivity index (χ1v) is 18.2. The molecule has 7 aromatic carbocycles. The summed E-state index contributed by atoms with van der Waals surface area (Å²) in [5, 5.41) is 7.17. The van der Waals surface area contributed by atoms with Gasteiger partial charge in [-0.25, -0.2) is 15.0 Å². The van der Waals surface area contributed by atoms with Gasteiger partial charge in [0.25, 0.3) is 0 Å². The van der Waals surface area contributed by atoms with Crippen LogP contribution in [-0.2, 0) is 0 Å². The molecule has 5 nitrogen and oxygen atoms in total. The number of aryl methyl sites for hydroxylation is 1. The van der Waals surface area contributed by atoms with Crippen LogP contribution in [0.15, 0.2) is 156 Å². The summed E-state index contributed by atoms with van der Waals surface area (Å²) in [5.41, 5.74) is 8.67. The summed E-state index contributed by atoms with van der Waals surface area (Å²) in [4.78, 5) is 15.2. The highest BCUT2D eigenvalue weighted by atomic mass is 32.1. The lowest BCUT2D eigenvalue weighted by molar-refractivity contribution is 0.669. The highest BCUT2D eigenvalue weighted by molar-refractivity contribution is 7.26. The third-order valence-electron chi connectivity index (χ3n) is 10.2. The molecule has 0 saturated heterocycles. The molecule has 0 aliphatic rings. The predicted octanol–water partition coefficient (Wildman–Crippen LogP) is 12.5. The lowest BCUT2D eigenvalue weighted by atomic mass is 10.0. The number of nitrogens with zero attached hydrogens (tertiary/aromatic N) is 4. The minimum atomic E-state index is 0.578. The Labute approximate surface area is 302 Å². The van der Waals surface area contributed by atoms with Gasteiger partial charge in [0.1, 0.15) is 11.2 Å². The highest BCUT2D eigenvalue weighted by Crippen LogP contribution is 2.47. The van der Waals surface area contributed by atoms with Gasteiger partial charge in [-0.2, -0.15) is 0 Å². The molecule has 4 aromatic heterocycles. The fourth-order valence-electron chi connectivity index (χ4n) is 7.91. The van der Waals surface area contributed by atoms with E-state index in [1.54, 1.807) is 0 Å². The van der Waals surface area contributed by atoms with Gasteiger partial charge < -0.3 is 8.98 Å². The quantitative estimate of drug-likeness (QED) is 0.185. The van der Waals surface area contributed by atoms with Crippen LogP contribution in [0.5, 0.6) is 0 Å². The van der Waals surface area contributed by atoms with Crippen LogP contribution in [0.3, 0.4) is 0 Å². The van der Waals surface area contributed by atoms with E-state index in [9.17, 15) is 0 Å². The van der Waals surface area contributed by atoms with E-state index < -0.39 is 0 Å². The molecule has 0 bridgehead atoms. The number of fused-ring (bicyclic) bond motifs is 10. The third kappa shape index (κ3) is 4.25. The van der Waals surface area contributed by atoms with Gasteiger partial charge in [0.05, 0.1) is 27.7 Å². The first-order valence-electron chi connectivity index (χ1n) is 17.4. The van der Waals surface area contributed by atoms with Gasteiger partial charge >= 0.3 is 0 Å². The summed E-state index contributed by atoms with van der Waals surface area (Å²) in [6, 6.07) is 52.9. The lowest BCUT2D eigenvalue weighted by Gasteiger charge is -2.15. The Bertz CT molecular complexity index is 3140. The Morgan fingerprint density at radius 1 is 0.500 bits per heavy atom.